The van der Waals surface area contributed by atoms with E-state index in [9.17, 15) is 9.59 Å². The van der Waals surface area contributed by atoms with Gasteiger partial charge in [0.05, 0.1) is 13.2 Å². The van der Waals surface area contributed by atoms with E-state index in [-0.39, 0.29) is 13.2 Å². The molecule has 25 heavy (non-hydrogen) atoms. The maximum atomic E-state index is 12.3. The van der Waals surface area contributed by atoms with Crippen LogP contribution in [0.3, 0.4) is 0 Å². The molecule has 0 radical (unpaired) electrons. The Morgan fingerprint density at radius 1 is 0.720 bits per heavy atom. The fourth-order valence-corrected chi connectivity index (χ4v) is 2.48. The molecular weight excluding hydrogens is 324 g/mol. The van der Waals surface area contributed by atoms with Crippen LogP contribution >= 0.6 is 0 Å². The average Bonchev–Trinajstić information content (AvgIpc) is 3.12. The maximum absolute atomic E-state index is 12.3. The van der Waals surface area contributed by atoms with Crippen molar-refractivity contribution in [3.8, 4) is 0 Å². The summed E-state index contributed by atoms with van der Waals surface area (Å²) >= 11 is 0. The van der Waals surface area contributed by atoms with Crippen molar-refractivity contribution >= 4 is 11.9 Å². The first kappa shape index (κ1) is 21.3. The predicted octanol–water partition coefficient (Wildman–Crippen LogP) is 4.23. The summed E-state index contributed by atoms with van der Waals surface area (Å²) in [6, 6.07) is 0. The molecule has 1 heterocycles. The lowest BCUT2D eigenvalue weighted by atomic mass is 10.2. The first-order valence-electron chi connectivity index (χ1n) is 9.52. The Morgan fingerprint density at radius 3 is 1.52 bits per heavy atom. The minimum Gasteiger partial charge on any atom is -0.459 e. The lowest BCUT2D eigenvalue weighted by Gasteiger charge is -2.23. The molecule has 0 N–H and O–H groups in total. The van der Waals surface area contributed by atoms with Gasteiger partial charge in [-0.15, -0.1) is 0 Å². The van der Waals surface area contributed by atoms with Crippen molar-refractivity contribution in [1.29, 1.82) is 0 Å². The van der Waals surface area contributed by atoms with Crippen molar-refractivity contribution in [2.75, 3.05) is 13.2 Å². The van der Waals surface area contributed by atoms with Gasteiger partial charge in [0.1, 0.15) is 12.5 Å². The molecule has 0 atom stereocenters. The zero-order valence-corrected chi connectivity index (χ0v) is 15.6. The molecule has 1 aliphatic heterocycles. The minimum atomic E-state index is -2.13. The SMILES string of the molecule is CCCCCCCOC(=O)C1(C(=O)OCCCCCCC)OC=CO1. The lowest BCUT2D eigenvalue weighted by molar-refractivity contribution is -0.217. The van der Waals surface area contributed by atoms with Gasteiger partial charge in [0, 0.05) is 0 Å². The van der Waals surface area contributed by atoms with Crippen molar-refractivity contribution in [3.63, 3.8) is 0 Å². The molecule has 0 amide bonds. The summed E-state index contributed by atoms with van der Waals surface area (Å²) < 4.78 is 20.5. The number of rotatable bonds is 14. The fraction of sp³-hybridized carbons (Fsp3) is 0.789. The second kappa shape index (κ2) is 12.6. The summed E-state index contributed by atoms with van der Waals surface area (Å²) in [5, 5.41) is 0. The third-order valence-electron chi connectivity index (χ3n) is 4.02. The largest absolute Gasteiger partial charge is 0.459 e. The summed E-state index contributed by atoms with van der Waals surface area (Å²) in [5.74, 6) is -3.85. The predicted molar refractivity (Wildman–Crippen MR) is 93.5 cm³/mol. The third-order valence-corrected chi connectivity index (χ3v) is 4.02. The Bertz CT molecular complexity index is 380. The van der Waals surface area contributed by atoms with Crippen molar-refractivity contribution in [3.05, 3.63) is 12.5 Å². The number of ether oxygens (including phenoxy) is 4. The molecule has 0 unspecified atom stereocenters. The molecule has 6 heteroatoms. The molecule has 1 aliphatic rings. The molecule has 1 rings (SSSR count). The van der Waals surface area contributed by atoms with Crippen LogP contribution < -0.4 is 0 Å². The van der Waals surface area contributed by atoms with Gasteiger partial charge < -0.3 is 18.9 Å². The van der Waals surface area contributed by atoms with E-state index in [1.54, 1.807) is 0 Å². The van der Waals surface area contributed by atoms with Crippen LogP contribution in [0.25, 0.3) is 0 Å². The number of carbonyl (C=O) groups is 2. The van der Waals surface area contributed by atoms with Crippen LogP contribution in [-0.2, 0) is 28.5 Å². The zero-order valence-electron chi connectivity index (χ0n) is 15.6. The zero-order chi connectivity index (χ0) is 18.4. The summed E-state index contributed by atoms with van der Waals surface area (Å²) in [6.07, 6.45) is 12.6. The van der Waals surface area contributed by atoms with E-state index in [4.69, 9.17) is 18.9 Å². The molecule has 6 nitrogen and oxygen atoms in total. The Hall–Kier alpha value is -1.72. The summed E-state index contributed by atoms with van der Waals surface area (Å²) in [6.45, 7) is 4.75. The van der Waals surface area contributed by atoms with Gasteiger partial charge in [-0.2, -0.15) is 0 Å². The number of hydrogen-bond donors (Lipinski definition) is 0. The van der Waals surface area contributed by atoms with Crippen LogP contribution in [0.2, 0.25) is 0 Å². The summed E-state index contributed by atoms with van der Waals surface area (Å²) in [5.41, 5.74) is 0. The van der Waals surface area contributed by atoms with E-state index >= 15 is 0 Å². The van der Waals surface area contributed by atoms with Gasteiger partial charge in [-0.1, -0.05) is 65.2 Å². The van der Waals surface area contributed by atoms with Gasteiger partial charge in [-0.25, -0.2) is 9.59 Å². The van der Waals surface area contributed by atoms with Gasteiger partial charge in [0.15, 0.2) is 0 Å². The van der Waals surface area contributed by atoms with Crippen LogP contribution in [0.5, 0.6) is 0 Å². The molecule has 0 aliphatic carbocycles. The van der Waals surface area contributed by atoms with Crippen LogP contribution in [0.1, 0.15) is 78.1 Å². The van der Waals surface area contributed by atoms with Gasteiger partial charge in [0.2, 0.25) is 0 Å². The van der Waals surface area contributed by atoms with Gasteiger partial charge >= 0.3 is 17.7 Å². The monoisotopic (exact) mass is 356 g/mol. The summed E-state index contributed by atoms with van der Waals surface area (Å²) in [4.78, 5) is 24.5. The number of unbranched alkanes of at least 4 members (excludes halogenated alkanes) is 8. The summed E-state index contributed by atoms with van der Waals surface area (Å²) in [7, 11) is 0. The van der Waals surface area contributed by atoms with Crippen LogP contribution in [-0.4, -0.2) is 30.9 Å². The topological polar surface area (TPSA) is 71.1 Å². The van der Waals surface area contributed by atoms with Crippen LogP contribution in [0.4, 0.5) is 0 Å². The van der Waals surface area contributed by atoms with Gasteiger partial charge in [-0.3, -0.25) is 0 Å². The number of hydrogen-bond acceptors (Lipinski definition) is 6. The molecule has 0 fully saturated rings. The van der Waals surface area contributed by atoms with E-state index in [2.05, 4.69) is 13.8 Å². The third kappa shape index (κ3) is 7.36. The Morgan fingerprint density at radius 2 is 1.12 bits per heavy atom. The van der Waals surface area contributed by atoms with Crippen molar-refractivity contribution in [2.45, 2.75) is 83.8 Å². The van der Waals surface area contributed by atoms with Crippen molar-refractivity contribution in [2.24, 2.45) is 0 Å². The molecule has 0 spiro atoms. The van der Waals surface area contributed by atoms with E-state index < -0.39 is 17.7 Å². The van der Waals surface area contributed by atoms with Crippen LogP contribution in [0.15, 0.2) is 12.5 Å². The van der Waals surface area contributed by atoms with Gasteiger partial charge in [0.25, 0.3) is 0 Å². The molecule has 0 aromatic heterocycles. The fourth-order valence-electron chi connectivity index (χ4n) is 2.48. The first-order valence-corrected chi connectivity index (χ1v) is 9.52. The minimum absolute atomic E-state index is 0.237. The molecule has 0 aromatic rings. The highest BCUT2D eigenvalue weighted by Crippen LogP contribution is 2.24. The molecular formula is C19H32O6. The quantitative estimate of drug-likeness (QED) is 0.263. The Balaban J connectivity index is 2.33. The molecule has 0 bridgehead atoms. The molecule has 144 valence electrons. The first-order chi connectivity index (χ1) is 12.2. The Kier molecular flexibility index (Phi) is 10.8. The van der Waals surface area contributed by atoms with E-state index in [1.165, 1.54) is 12.8 Å². The number of esters is 2. The highest BCUT2D eigenvalue weighted by atomic mass is 16.8. The van der Waals surface area contributed by atoms with E-state index in [0.29, 0.717) is 0 Å². The maximum Gasteiger partial charge on any atom is 0.452 e. The smallest absolute Gasteiger partial charge is 0.452 e. The standard InChI is InChI=1S/C19H32O6/c1-3-5-7-9-11-13-22-17(20)19(24-15-16-25-19)18(21)23-14-12-10-8-6-4-2/h15-16H,3-14H2,1-2H3. The second-order valence-corrected chi connectivity index (χ2v) is 6.22. The molecule has 0 saturated heterocycles. The number of carbonyl (C=O) groups excluding carboxylic acids is 2. The van der Waals surface area contributed by atoms with Crippen molar-refractivity contribution in [1.82, 2.24) is 0 Å². The van der Waals surface area contributed by atoms with Gasteiger partial charge in [-0.05, 0) is 12.8 Å². The normalized spacial score (nSPS) is 14.6. The highest BCUT2D eigenvalue weighted by Gasteiger charge is 2.56. The van der Waals surface area contributed by atoms with Crippen molar-refractivity contribution < 1.29 is 28.5 Å². The second-order valence-electron chi connectivity index (χ2n) is 6.22. The lowest BCUT2D eigenvalue weighted by Crippen LogP contribution is -2.50. The molecule has 0 saturated carbocycles. The Labute approximate surface area is 150 Å². The van der Waals surface area contributed by atoms with Crippen LogP contribution in [0, 0.1) is 0 Å². The highest BCUT2D eigenvalue weighted by molar-refractivity contribution is 6.02. The molecule has 0 aromatic carbocycles. The van der Waals surface area contributed by atoms with E-state index in [0.717, 1.165) is 63.9 Å². The average molecular weight is 356 g/mol. The van der Waals surface area contributed by atoms with E-state index in [1.807, 2.05) is 0 Å².